The van der Waals surface area contributed by atoms with E-state index in [4.69, 9.17) is 14.6 Å². The maximum atomic E-state index is 11.1. The van der Waals surface area contributed by atoms with E-state index in [0.717, 1.165) is 12.1 Å². The number of aliphatic imine (C=N–C) groups is 1. The van der Waals surface area contributed by atoms with Crippen LogP contribution in [0.5, 0.6) is 11.5 Å². The Hall–Kier alpha value is -2.82. The number of carbonyl (C=O) groups is 1. The molecule has 0 aliphatic carbocycles. The number of hydrogen-bond acceptors (Lipinski definition) is 4. The maximum absolute atomic E-state index is 11.1. The highest BCUT2D eigenvalue weighted by Crippen LogP contribution is 2.31. The lowest BCUT2D eigenvalue weighted by atomic mass is 10.1. The van der Waals surface area contributed by atoms with Crippen molar-refractivity contribution in [3.63, 3.8) is 0 Å². The van der Waals surface area contributed by atoms with Crippen molar-refractivity contribution in [3.8, 4) is 11.5 Å². The van der Waals surface area contributed by atoms with Crippen molar-refractivity contribution in [2.75, 3.05) is 7.11 Å². The molecule has 0 aliphatic heterocycles. The molecule has 1 N–H and O–H groups in total. The summed E-state index contributed by atoms with van der Waals surface area (Å²) in [6.07, 6.45) is 1.63. The number of methoxy groups -OCH3 is 1. The normalized spacial score (nSPS) is 12.1. The Morgan fingerprint density at radius 1 is 1.25 bits per heavy atom. The molecule has 1 atom stereocenters. The molecule has 0 fully saturated rings. The fourth-order valence-electron chi connectivity index (χ4n) is 2.11. The summed E-state index contributed by atoms with van der Waals surface area (Å²) in [6.45, 7) is 3.57. The highest BCUT2D eigenvalue weighted by atomic mass is 16.5. The van der Waals surface area contributed by atoms with Gasteiger partial charge in [0.05, 0.1) is 12.8 Å². The zero-order chi connectivity index (χ0) is 17.5. The van der Waals surface area contributed by atoms with Gasteiger partial charge in [0.25, 0.3) is 0 Å². The average Bonchev–Trinajstić information content (AvgIpc) is 2.60. The smallest absolute Gasteiger partial charge is 0.344 e. The standard InChI is InChI=1S/C19H21NO4/c1-4-14-8-10-16(11-9-14)20-12-15-6-5-7-17(23-3)18(15)24-13(2)19(21)22/h5-13H,4H2,1-3H3,(H,21,22)/t13-/m1/s1. The molecular formula is C19H21NO4. The molecule has 5 nitrogen and oxygen atoms in total. The van der Waals surface area contributed by atoms with Gasteiger partial charge in [0.15, 0.2) is 17.6 Å². The van der Waals surface area contributed by atoms with Gasteiger partial charge < -0.3 is 14.6 Å². The number of hydrogen-bond donors (Lipinski definition) is 1. The zero-order valence-corrected chi connectivity index (χ0v) is 14.0. The van der Waals surface area contributed by atoms with Crippen molar-refractivity contribution in [3.05, 3.63) is 53.6 Å². The van der Waals surface area contributed by atoms with E-state index in [1.807, 2.05) is 24.3 Å². The third kappa shape index (κ3) is 4.35. The van der Waals surface area contributed by atoms with Crippen LogP contribution in [0.25, 0.3) is 0 Å². The first-order valence-electron chi connectivity index (χ1n) is 7.74. The summed E-state index contributed by atoms with van der Waals surface area (Å²) in [5.41, 5.74) is 2.71. The molecule has 0 bridgehead atoms. The molecule has 0 saturated carbocycles. The molecule has 0 heterocycles. The van der Waals surface area contributed by atoms with E-state index in [1.165, 1.54) is 19.6 Å². The van der Waals surface area contributed by atoms with Gasteiger partial charge in [0, 0.05) is 11.8 Å². The Morgan fingerprint density at radius 2 is 1.96 bits per heavy atom. The van der Waals surface area contributed by atoms with Crippen LogP contribution < -0.4 is 9.47 Å². The molecule has 126 valence electrons. The fourth-order valence-corrected chi connectivity index (χ4v) is 2.11. The topological polar surface area (TPSA) is 68.1 Å². The molecule has 0 spiro atoms. The molecule has 2 aromatic rings. The Kier molecular flexibility index (Phi) is 5.95. The Balaban J connectivity index is 2.30. The Bertz CT molecular complexity index is 723. The first-order chi connectivity index (χ1) is 11.5. The molecule has 5 heteroatoms. The van der Waals surface area contributed by atoms with Crippen molar-refractivity contribution in [1.29, 1.82) is 0 Å². The zero-order valence-electron chi connectivity index (χ0n) is 14.0. The monoisotopic (exact) mass is 327 g/mol. The number of carboxylic acids is 1. The van der Waals surface area contributed by atoms with Gasteiger partial charge in [0.2, 0.25) is 0 Å². The van der Waals surface area contributed by atoms with Crippen LogP contribution in [0.15, 0.2) is 47.5 Å². The quantitative estimate of drug-likeness (QED) is 0.784. The summed E-state index contributed by atoms with van der Waals surface area (Å²) in [5.74, 6) is -0.212. The number of rotatable bonds is 7. The highest BCUT2D eigenvalue weighted by molar-refractivity contribution is 5.87. The van der Waals surface area contributed by atoms with Gasteiger partial charge in [0.1, 0.15) is 0 Å². The third-order valence-electron chi connectivity index (χ3n) is 3.57. The van der Waals surface area contributed by atoms with Gasteiger partial charge in [-0.15, -0.1) is 0 Å². The van der Waals surface area contributed by atoms with E-state index in [0.29, 0.717) is 17.1 Å². The lowest BCUT2D eigenvalue weighted by molar-refractivity contribution is -0.144. The van der Waals surface area contributed by atoms with Gasteiger partial charge in [-0.1, -0.05) is 25.1 Å². The minimum Gasteiger partial charge on any atom is -0.493 e. The third-order valence-corrected chi connectivity index (χ3v) is 3.57. The van der Waals surface area contributed by atoms with Crippen molar-refractivity contribution in [1.82, 2.24) is 0 Å². The first-order valence-corrected chi connectivity index (χ1v) is 7.74. The van der Waals surface area contributed by atoms with Gasteiger partial charge in [-0.2, -0.15) is 0 Å². The van der Waals surface area contributed by atoms with Crippen LogP contribution in [0.3, 0.4) is 0 Å². The van der Waals surface area contributed by atoms with Crippen LogP contribution in [-0.2, 0) is 11.2 Å². The van der Waals surface area contributed by atoms with E-state index in [2.05, 4.69) is 11.9 Å². The summed E-state index contributed by atoms with van der Waals surface area (Å²) >= 11 is 0. The summed E-state index contributed by atoms with van der Waals surface area (Å²) in [7, 11) is 1.51. The number of benzene rings is 2. The lowest BCUT2D eigenvalue weighted by Gasteiger charge is -2.15. The molecule has 2 rings (SSSR count). The Labute approximate surface area is 141 Å². The van der Waals surface area contributed by atoms with Crippen LogP contribution in [-0.4, -0.2) is 30.5 Å². The number of carboxylic acid groups (broad SMARTS) is 1. The van der Waals surface area contributed by atoms with Gasteiger partial charge in [-0.05, 0) is 43.2 Å². The van der Waals surface area contributed by atoms with Gasteiger partial charge in [-0.25, -0.2) is 4.79 Å². The molecule has 24 heavy (non-hydrogen) atoms. The van der Waals surface area contributed by atoms with E-state index in [9.17, 15) is 4.79 Å². The largest absolute Gasteiger partial charge is 0.493 e. The van der Waals surface area contributed by atoms with Crippen molar-refractivity contribution < 1.29 is 19.4 Å². The SMILES string of the molecule is CCc1ccc(N=Cc2cccc(OC)c2O[C@H](C)C(=O)O)cc1. The number of nitrogens with zero attached hydrogens (tertiary/aromatic N) is 1. The number of ether oxygens (including phenoxy) is 2. The van der Waals surface area contributed by atoms with E-state index >= 15 is 0 Å². The summed E-state index contributed by atoms with van der Waals surface area (Å²) < 4.78 is 10.8. The predicted octanol–water partition coefficient (Wildman–Crippen LogP) is 3.86. The molecule has 2 aromatic carbocycles. The maximum Gasteiger partial charge on any atom is 0.344 e. The van der Waals surface area contributed by atoms with Crippen LogP contribution in [0.4, 0.5) is 5.69 Å². The summed E-state index contributed by atoms with van der Waals surface area (Å²) in [4.78, 5) is 15.5. The van der Waals surface area contributed by atoms with Crippen LogP contribution in [0.2, 0.25) is 0 Å². The average molecular weight is 327 g/mol. The first kappa shape index (κ1) is 17.5. The summed E-state index contributed by atoms with van der Waals surface area (Å²) in [6, 6.07) is 13.3. The van der Waals surface area contributed by atoms with Crippen LogP contribution in [0.1, 0.15) is 25.0 Å². The van der Waals surface area contributed by atoms with Crippen molar-refractivity contribution >= 4 is 17.9 Å². The minimum absolute atomic E-state index is 0.365. The number of para-hydroxylation sites is 1. The lowest BCUT2D eigenvalue weighted by Crippen LogP contribution is -2.23. The second-order valence-electron chi connectivity index (χ2n) is 5.26. The number of aryl methyl sites for hydroxylation is 1. The molecular weight excluding hydrogens is 306 g/mol. The Morgan fingerprint density at radius 3 is 2.54 bits per heavy atom. The second kappa shape index (κ2) is 8.15. The van der Waals surface area contributed by atoms with Crippen molar-refractivity contribution in [2.45, 2.75) is 26.4 Å². The van der Waals surface area contributed by atoms with E-state index < -0.39 is 12.1 Å². The van der Waals surface area contributed by atoms with Crippen LogP contribution in [0, 0.1) is 0 Å². The van der Waals surface area contributed by atoms with Crippen LogP contribution >= 0.6 is 0 Å². The predicted molar refractivity (Wildman–Crippen MR) is 93.8 cm³/mol. The minimum atomic E-state index is -1.04. The van der Waals surface area contributed by atoms with Crippen molar-refractivity contribution in [2.24, 2.45) is 4.99 Å². The molecule has 0 aliphatic rings. The van der Waals surface area contributed by atoms with Gasteiger partial charge >= 0.3 is 5.97 Å². The molecule has 0 aromatic heterocycles. The second-order valence-corrected chi connectivity index (χ2v) is 5.26. The van der Waals surface area contributed by atoms with Gasteiger partial charge in [-0.3, -0.25) is 4.99 Å². The fraction of sp³-hybridized carbons (Fsp3) is 0.263. The molecule has 0 unspecified atom stereocenters. The molecule has 0 saturated heterocycles. The highest BCUT2D eigenvalue weighted by Gasteiger charge is 2.17. The summed E-state index contributed by atoms with van der Waals surface area (Å²) in [5, 5.41) is 9.06. The molecule has 0 radical (unpaired) electrons. The number of aliphatic carboxylic acids is 1. The molecule has 0 amide bonds. The van der Waals surface area contributed by atoms with E-state index in [-0.39, 0.29) is 0 Å². The van der Waals surface area contributed by atoms with E-state index in [1.54, 1.807) is 24.4 Å².